The van der Waals surface area contributed by atoms with Crippen LogP contribution in [-0.4, -0.2) is 30.8 Å². The van der Waals surface area contributed by atoms with Gasteiger partial charge in [0.25, 0.3) is 0 Å². The molecule has 118 valence electrons. The van der Waals surface area contributed by atoms with Crippen LogP contribution in [0.5, 0.6) is 0 Å². The smallest absolute Gasteiger partial charge is 0.244 e. The van der Waals surface area contributed by atoms with Gasteiger partial charge in [0.15, 0.2) is 0 Å². The van der Waals surface area contributed by atoms with Gasteiger partial charge in [-0.05, 0) is 39.7 Å². The lowest BCUT2D eigenvalue weighted by Crippen LogP contribution is -2.45. The molecule has 0 aromatic carbocycles. The summed E-state index contributed by atoms with van der Waals surface area (Å²) >= 11 is 1.50. The van der Waals surface area contributed by atoms with E-state index in [1.54, 1.807) is 17.5 Å². The van der Waals surface area contributed by atoms with E-state index in [-0.39, 0.29) is 0 Å². The summed E-state index contributed by atoms with van der Waals surface area (Å²) in [4.78, 5) is 1.45. The van der Waals surface area contributed by atoms with Gasteiger partial charge in [0, 0.05) is 34.9 Å². The molecule has 0 saturated heterocycles. The van der Waals surface area contributed by atoms with Crippen LogP contribution >= 0.6 is 11.3 Å². The summed E-state index contributed by atoms with van der Waals surface area (Å²) < 4.78 is 27.1. The zero-order valence-corrected chi connectivity index (χ0v) is 14.6. The van der Waals surface area contributed by atoms with Crippen molar-refractivity contribution in [1.82, 2.24) is 9.62 Å². The van der Waals surface area contributed by atoms with E-state index in [0.717, 1.165) is 11.4 Å². The van der Waals surface area contributed by atoms with Crippen LogP contribution in [0.4, 0.5) is 0 Å². The van der Waals surface area contributed by atoms with Crippen molar-refractivity contribution in [2.75, 3.05) is 6.54 Å². The van der Waals surface area contributed by atoms with Crippen molar-refractivity contribution in [3.8, 4) is 0 Å². The highest BCUT2D eigenvalue weighted by Gasteiger charge is 2.33. The highest BCUT2D eigenvalue weighted by Crippen LogP contribution is 2.28. The standard InChI is InChI=1S/C15H24N2O2S2/c1-5-8-17(15(2,3)4)21(18,19)14-9-13(20-11-14)10-16-12-6-7-12/h5,9,11-12,16H,1,6-8,10H2,2-4H3. The maximum Gasteiger partial charge on any atom is 0.244 e. The van der Waals surface area contributed by atoms with E-state index in [9.17, 15) is 8.42 Å². The van der Waals surface area contributed by atoms with Crippen LogP contribution in [0.1, 0.15) is 38.5 Å². The van der Waals surface area contributed by atoms with Crippen molar-refractivity contribution in [3.05, 3.63) is 29.0 Å². The lowest BCUT2D eigenvalue weighted by Gasteiger charge is -2.33. The summed E-state index contributed by atoms with van der Waals surface area (Å²) in [7, 11) is -3.48. The van der Waals surface area contributed by atoms with Gasteiger partial charge in [-0.3, -0.25) is 0 Å². The number of nitrogens with one attached hydrogen (secondary N) is 1. The Morgan fingerprint density at radius 3 is 2.67 bits per heavy atom. The van der Waals surface area contributed by atoms with Gasteiger partial charge in [-0.1, -0.05) is 6.08 Å². The quantitative estimate of drug-likeness (QED) is 0.783. The van der Waals surface area contributed by atoms with Gasteiger partial charge in [0.1, 0.15) is 0 Å². The summed E-state index contributed by atoms with van der Waals surface area (Å²) in [6.07, 6.45) is 4.09. The molecule has 0 aliphatic heterocycles. The van der Waals surface area contributed by atoms with E-state index >= 15 is 0 Å². The Balaban J connectivity index is 2.18. The van der Waals surface area contributed by atoms with Crippen LogP contribution in [-0.2, 0) is 16.6 Å². The van der Waals surface area contributed by atoms with Crippen LogP contribution in [0.2, 0.25) is 0 Å². The lowest BCUT2D eigenvalue weighted by molar-refractivity contribution is 0.270. The fraction of sp³-hybridized carbons (Fsp3) is 0.600. The second-order valence-corrected chi connectivity index (χ2v) is 9.26. The third-order valence-corrected chi connectivity index (χ3v) is 6.60. The number of rotatable bonds is 7. The molecule has 1 heterocycles. The van der Waals surface area contributed by atoms with Crippen molar-refractivity contribution < 1.29 is 8.42 Å². The monoisotopic (exact) mass is 328 g/mol. The van der Waals surface area contributed by atoms with E-state index in [0.29, 0.717) is 17.5 Å². The van der Waals surface area contributed by atoms with Crippen molar-refractivity contribution in [3.63, 3.8) is 0 Å². The van der Waals surface area contributed by atoms with Gasteiger partial charge in [-0.15, -0.1) is 17.9 Å². The second kappa shape index (κ2) is 6.20. The second-order valence-electron chi connectivity index (χ2n) is 6.40. The van der Waals surface area contributed by atoms with Gasteiger partial charge in [-0.25, -0.2) is 8.42 Å². The zero-order valence-electron chi connectivity index (χ0n) is 12.9. The number of nitrogens with zero attached hydrogens (tertiary/aromatic N) is 1. The number of sulfonamides is 1. The molecule has 21 heavy (non-hydrogen) atoms. The average molecular weight is 329 g/mol. The Bertz CT molecular complexity index is 595. The Morgan fingerprint density at radius 2 is 2.14 bits per heavy atom. The van der Waals surface area contributed by atoms with Crippen molar-refractivity contribution in [2.45, 2.75) is 56.6 Å². The topological polar surface area (TPSA) is 49.4 Å². The van der Waals surface area contributed by atoms with Gasteiger partial charge in [0.05, 0.1) is 4.90 Å². The van der Waals surface area contributed by atoms with E-state index in [2.05, 4.69) is 11.9 Å². The predicted molar refractivity (Wildman–Crippen MR) is 88.0 cm³/mol. The molecule has 0 bridgehead atoms. The Morgan fingerprint density at radius 1 is 1.48 bits per heavy atom. The van der Waals surface area contributed by atoms with Crippen molar-refractivity contribution in [2.24, 2.45) is 0 Å². The molecular weight excluding hydrogens is 304 g/mol. The Hall–Kier alpha value is -0.690. The molecule has 1 saturated carbocycles. The maximum absolute atomic E-state index is 12.8. The van der Waals surface area contributed by atoms with Crippen LogP contribution in [0.15, 0.2) is 29.0 Å². The first-order chi connectivity index (χ1) is 9.75. The molecule has 1 aromatic rings. The van der Waals surface area contributed by atoms with E-state index < -0.39 is 15.6 Å². The molecule has 0 amide bonds. The van der Waals surface area contributed by atoms with Crippen LogP contribution < -0.4 is 5.32 Å². The fourth-order valence-corrected chi connectivity index (χ4v) is 5.07. The molecule has 2 rings (SSSR count). The van der Waals surface area contributed by atoms with Crippen LogP contribution in [0, 0.1) is 0 Å². The van der Waals surface area contributed by atoms with Gasteiger partial charge in [0.2, 0.25) is 10.0 Å². The SMILES string of the molecule is C=CCN(C(C)(C)C)S(=O)(=O)c1csc(CNC2CC2)c1. The Labute approximate surface area is 131 Å². The first-order valence-corrected chi connectivity index (χ1v) is 9.51. The minimum Gasteiger partial charge on any atom is -0.309 e. The average Bonchev–Trinajstić information content (AvgIpc) is 3.08. The first-order valence-electron chi connectivity index (χ1n) is 7.19. The minimum absolute atomic E-state index is 0.317. The third kappa shape index (κ3) is 4.16. The molecular formula is C15H24N2O2S2. The molecule has 1 aliphatic rings. The van der Waals surface area contributed by atoms with Gasteiger partial charge < -0.3 is 5.32 Å². The molecule has 1 fully saturated rings. The molecule has 1 N–H and O–H groups in total. The van der Waals surface area contributed by atoms with Gasteiger partial charge >= 0.3 is 0 Å². The summed E-state index contributed by atoms with van der Waals surface area (Å²) in [5.74, 6) is 0. The largest absolute Gasteiger partial charge is 0.309 e. The van der Waals surface area contributed by atoms with E-state index in [4.69, 9.17) is 0 Å². The molecule has 0 unspecified atom stereocenters. The molecule has 0 atom stereocenters. The normalized spacial score (nSPS) is 16.4. The molecule has 1 aromatic heterocycles. The van der Waals surface area contributed by atoms with E-state index in [1.165, 1.54) is 28.5 Å². The molecule has 0 spiro atoms. The fourth-order valence-electron chi connectivity index (χ4n) is 2.10. The van der Waals surface area contributed by atoms with Crippen molar-refractivity contribution in [1.29, 1.82) is 0 Å². The van der Waals surface area contributed by atoms with Crippen LogP contribution in [0.25, 0.3) is 0 Å². The highest BCUT2D eigenvalue weighted by molar-refractivity contribution is 7.89. The zero-order chi connectivity index (χ0) is 15.7. The molecule has 4 nitrogen and oxygen atoms in total. The Kier molecular flexibility index (Phi) is 4.92. The number of hydrogen-bond acceptors (Lipinski definition) is 4. The lowest BCUT2D eigenvalue weighted by atomic mass is 10.1. The van der Waals surface area contributed by atoms with Crippen LogP contribution in [0.3, 0.4) is 0 Å². The minimum atomic E-state index is -3.48. The highest BCUT2D eigenvalue weighted by atomic mass is 32.2. The van der Waals surface area contributed by atoms with Crippen molar-refractivity contribution >= 4 is 21.4 Å². The van der Waals surface area contributed by atoms with E-state index in [1.807, 2.05) is 20.8 Å². The molecule has 0 radical (unpaired) electrons. The third-order valence-electron chi connectivity index (χ3n) is 3.40. The summed E-state index contributed by atoms with van der Waals surface area (Å²) in [6, 6.07) is 2.41. The summed E-state index contributed by atoms with van der Waals surface area (Å²) in [6.45, 7) is 10.4. The number of hydrogen-bond donors (Lipinski definition) is 1. The number of thiophene rings is 1. The molecule has 1 aliphatic carbocycles. The maximum atomic E-state index is 12.8. The predicted octanol–water partition coefficient (Wildman–Crippen LogP) is 2.98. The molecule has 6 heteroatoms. The van der Waals surface area contributed by atoms with Gasteiger partial charge in [-0.2, -0.15) is 4.31 Å². The summed E-state index contributed by atoms with van der Waals surface area (Å²) in [5, 5.41) is 5.15. The summed E-state index contributed by atoms with van der Waals surface area (Å²) in [5.41, 5.74) is -0.471. The first kappa shape index (κ1) is 16.7.